The number of nitrogens with zero attached hydrogens (tertiary/aromatic N) is 1. The van der Waals surface area contributed by atoms with Crippen LogP contribution in [0.15, 0.2) is 60.7 Å². The van der Waals surface area contributed by atoms with Crippen LogP contribution in [0, 0.1) is 5.82 Å². The van der Waals surface area contributed by atoms with Crippen LogP contribution in [0.5, 0.6) is 5.75 Å². The molecule has 0 N–H and O–H groups in total. The molecule has 0 saturated heterocycles. The highest BCUT2D eigenvalue weighted by Gasteiger charge is 2.05. The molecule has 0 atom stereocenters. The molecule has 1 heterocycles. The van der Waals surface area contributed by atoms with E-state index in [4.69, 9.17) is 9.47 Å². The number of carbonyl (C=O) groups is 1. The Morgan fingerprint density at radius 3 is 2.62 bits per heavy atom. The second kappa shape index (κ2) is 8.94. The topological polar surface area (TPSA) is 48.4 Å². The highest BCUT2D eigenvalue weighted by atomic mass is 19.1. The third kappa shape index (κ3) is 5.28. The van der Waals surface area contributed by atoms with Crippen LogP contribution < -0.4 is 4.74 Å². The minimum atomic E-state index is -0.299. The lowest BCUT2D eigenvalue weighted by Crippen LogP contribution is -2.10. The number of para-hydroxylation sites is 1. The van der Waals surface area contributed by atoms with Crippen molar-refractivity contribution in [3.8, 4) is 5.75 Å². The molecular formula is C21H20FNO3. The van der Waals surface area contributed by atoms with Crippen LogP contribution in [-0.2, 0) is 16.0 Å². The van der Waals surface area contributed by atoms with Crippen molar-refractivity contribution in [3.63, 3.8) is 0 Å². The van der Waals surface area contributed by atoms with Crippen molar-refractivity contribution in [2.45, 2.75) is 19.3 Å². The number of halogens is 1. The Balaban J connectivity index is 1.34. The number of ether oxygens (including phenoxy) is 2. The molecule has 134 valence electrons. The van der Waals surface area contributed by atoms with Crippen LogP contribution in [0.4, 0.5) is 4.39 Å². The summed E-state index contributed by atoms with van der Waals surface area (Å²) in [7, 11) is 0. The number of hydrogen-bond acceptors (Lipinski definition) is 4. The second-order valence-electron chi connectivity index (χ2n) is 5.87. The zero-order valence-corrected chi connectivity index (χ0v) is 14.4. The van der Waals surface area contributed by atoms with E-state index in [2.05, 4.69) is 4.98 Å². The van der Waals surface area contributed by atoms with Crippen molar-refractivity contribution in [2.24, 2.45) is 0 Å². The number of benzene rings is 2. The molecule has 26 heavy (non-hydrogen) atoms. The maximum atomic E-state index is 12.8. The van der Waals surface area contributed by atoms with E-state index in [1.807, 2.05) is 36.4 Å². The Labute approximate surface area is 151 Å². The van der Waals surface area contributed by atoms with Gasteiger partial charge in [0.05, 0.1) is 25.2 Å². The molecular weight excluding hydrogens is 333 g/mol. The van der Waals surface area contributed by atoms with E-state index in [-0.39, 0.29) is 11.8 Å². The highest BCUT2D eigenvalue weighted by molar-refractivity contribution is 5.78. The van der Waals surface area contributed by atoms with Gasteiger partial charge < -0.3 is 9.47 Å². The number of aryl methyl sites for hydroxylation is 1. The van der Waals surface area contributed by atoms with E-state index in [9.17, 15) is 9.18 Å². The van der Waals surface area contributed by atoms with Crippen LogP contribution in [0.3, 0.4) is 0 Å². The number of pyridine rings is 1. The van der Waals surface area contributed by atoms with Crippen LogP contribution in [0.1, 0.15) is 18.5 Å². The maximum Gasteiger partial charge on any atom is 0.306 e. The van der Waals surface area contributed by atoms with Gasteiger partial charge in [0.2, 0.25) is 0 Å². The molecule has 0 aliphatic heterocycles. The first kappa shape index (κ1) is 17.9. The fraction of sp³-hybridized carbons (Fsp3) is 0.238. The average molecular weight is 353 g/mol. The van der Waals surface area contributed by atoms with Gasteiger partial charge in [-0.2, -0.15) is 0 Å². The molecule has 0 aliphatic rings. The fourth-order valence-electron chi connectivity index (χ4n) is 2.52. The van der Waals surface area contributed by atoms with Gasteiger partial charge in [0, 0.05) is 23.9 Å². The van der Waals surface area contributed by atoms with Crippen molar-refractivity contribution >= 4 is 16.9 Å². The summed E-state index contributed by atoms with van der Waals surface area (Å²) in [4.78, 5) is 16.4. The molecule has 4 nitrogen and oxygen atoms in total. The molecule has 0 amide bonds. The van der Waals surface area contributed by atoms with Crippen LogP contribution in [0.2, 0.25) is 0 Å². The predicted octanol–water partition coefficient (Wildman–Crippen LogP) is 4.32. The minimum Gasteiger partial charge on any atom is -0.493 e. The smallest absolute Gasteiger partial charge is 0.306 e. The van der Waals surface area contributed by atoms with E-state index in [1.165, 1.54) is 12.1 Å². The Bertz CT molecular complexity index is 865. The Hall–Kier alpha value is -2.95. The number of aromatic nitrogens is 1. The predicted molar refractivity (Wildman–Crippen MR) is 97.5 cm³/mol. The molecule has 3 aromatic rings. The van der Waals surface area contributed by atoms with Gasteiger partial charge in [0.15, 0.2) is 0 Å². The summed E-state index contributed by atoms with van der Waals surface area (Å²) in [5.74, 6) is 0.0500. The second-order valence-corrected chi connectivity index (χ2v) is 5.87. The summed E-state index contributed by atoms with van der Waals surface area (Å²) in [5, 5.41) is 1.08. The third-order valence-electron chi connectivity index (χ3n) is 3.88. The third-order valence-corrected chi connectivity index (χ3v) is 3.88. The number of rotatable bonds is 8. The quantitative estimate of drug-likeness (QED) is 0.447. The molecule has 2 aromatic carbocycles. The van der Waals surface area contributed by atoms with Crippen molar-refractivity contribution in [3.05, 3.63) is 72.2 Å². The van der Waals surface area contributed by atoms with Crippen molar-refractivity contribution < 1.29 is 18.7 Å². The van der Waals surface area contributed by atoms with Gasteiger partial charge >= 0.3 is 5.97 Å². The summed E-state index contributed by atoms with van der Waals surface area (Å²) >= 11 is 0. The average Bonchev–Trinajstić information content (AvgIpc) is 2.67. The lowest BCUT2D eigenvalue weighted by Gasteiger charge is -2.07. The normalized spacial score (nSPS) is 10.7. The zero-order chi connectivity index (χ0) is 18.2. The van der Waals surface area contributed by atoms with E-state index in [1.54, 1.807) is 12.1 Å². The molecule has 3 rings (SSSR count). The number of carbonyl (C=O) groups excluding carboxylic acids is 1. The Morgan fingerprint density at radius 2 is 1.77 bits per heavy atom. The molecule has 0 fully saturated rings. The Kier molecular flexibility index (Phi) is 6.14. The summed E-state index contributed by atoms with van der Waals surface area (Å²) < 4.78 is 23.4. The van der Waals surface area contributed by atoms with Crippen LogP contribution in [-0.4, -0.2) is 24.2 Å². The van der Waals surface area contributed by atoms with Gasteiger partial charge in [0.25, 0.3) is 0 Å². The highest BCUT2D eigenvalue weighted by Crippen LogP contribution is 2.13. The molecule has 0 unspecified atom stereocenters. The van der Waals surface area contributed by atoms with E-state index < -0.39 is 0 Å². The van der Waals surface area contributed by atoms with Crippen LogP contribution >= 0.6 is 0 Å². The molecule has 0 spiro atoms. The zero-order valence-electron chi connectivity index (χ0n) is 14.4. The first-order chi connectivity index (χ1) is 12.7. The summed E-state index contributed by atoms with van der Waals surface area (Å²) in [6.45, 7) is 0.705. The van der Waals surface area contributed by atoms with Crippen LogP contribution in [0.25, 0.3) is 10.9 Å². The van der Waals surface area contributed by atoms with Crippen molar-refractivity contribution in [1.29, 1.82) is 0 Å². The number of hydrogen-bond donors (Lipinski definition) is 0. The largest absolute Gasteiger partial charge is 0.493 e. The van der Waals surface area contributed by atoms with Crippen molar-refractivity contribution in [1.82, 2.24) is 4.98 Å². The summed E-state index contributed by atoms with van der Waals surface area (Å²) in [5.41, 5.74) is 1.80. The van der Waals surface area contributed by atoms with Gasteiger partial charge in [-0.25, -0.2) is 4.39 Å². The minimum absolute atomic E-state index is 0.248. The van der Waals surface area contributed by atoms with E-state index in [0.717, 1.165) is 16.6 Å². The van der Waals surface area contributed by atoms with E-state index >= 15 is 0 Å². The van der Waals surface area contributed by atoms with Crippen molar-refractivity contribution in [2.75, 3.05) is 13.2 Å². The lowest BCUT2D eigenvalue weighted by molar-refractivity contribution is -0.143. The first-order valence-corrected chi connectivity index (χ1v) is 8.59. The molecule has 0 saturated carbocycles. The molecule has 5 heteroatoms. The Morgan fingerprint density at radius 1 is 0.962 bits per heavy atom. The summed E-state index contributed by atoms with van der Waals surface area (Å²) in [6.07, 6.45) is 1.43. The SMILES string of the molecule is O=C(CCc1ccc2ccccc2n1)OCCCOc1ccc(F)cc1. The van der Waals surface area contributed by atoms with Gasteiger partial charge in [-0.1, -0.05) is 24.3 Å². The number of esters is 1. The molecule has 0 bridgehead atoms. The van der Waals surface area contributed by atoms with Gasteiger partial charge in [-0.3, -0.25) is 9.78 Å². The summed E-state index contributed by atoms with van der Waals surface area (Å²) in [6, 6.07) is 17.7. The first-order valence-electron chi connectivity index (χ1n) is 8.59. The fourth-order valence-corrected chi connectivity index (χ4v) is 2.52. The number of fused-ring (bicyclic) bond motifs is 1. The van der Waals surface area contributed by atoms with Gasteiger partial charge in [0.1, 0.15) is 11.6 Å². The lowest BCUT2D eigenvalue weighted by atomic mass is 10.1. The molecule has 1 aromatic heterocycles. The molecule has 0 radical (unpaired) electrons. The monoisotopic (exact) mass is 353 g/mol. The standard InChI is InChI=1S/C21H20FNO3/c22-17-7-11-19(12-8-17)25-14-3-15-26-21(24)13-10-18-9-6-16-4-1-2-5-20(16)23-18/h1-2,4-9,11-12H,3,10,13-15H2. The van der Waals surface area contributed by atoms with Gasteiger partial charge in [-0.15, -0.1) is 0 Å². The molecule has 0 aliphatic carbocycles. The van der Waals surface area contributed by atoms with Gasteiger partial charge in [-0.05, 0) is 36.4 Å². The maximum absolute atomic E-state index is 12.8. The van der Waals surface area contributed by atoms with E-state index in [0.29, 0.717) is 38.2 Å².